The molecule has 0 aliphatic heterocycles. The van der Waals surface area contributed by atoms with E-state index in [0.29, 0.717) is 0 Å². The van der Waals surface area contributed by atoms with E-state index < -0.39 is 0 Å². The summed E-state index contributed by atoms with van der Waals surface area (Å²) in [5, 5.41) is 0. The third-order valence-electron chi connectivity index (χ3n) is 0.593. The Morgan fingerprint density at radius 3 is 2.86 bits per heavy atom. The molecule has 0 amide bonds. The van der Waals surface area contributed by atoms with Gasteiger partial charge in [-0.2, -0.15) is 0 Å². The van der Waals surface area contributed by atoms with E-state index in [9.17, 15) is 0 Å². The van der Waals surface area contributed by atoms with Crippen LogP contribution in [0, 0.1) is 4.64 Å². The number of aromatic nitrogens is 2. The largest absolute Gasteiger partial charge is 0.337 e. The van der Waals surface area contributed by atoms with Gasteiger partial charge in [-0.3, -0.25) is 0 Å². The van der Waals surface area contributed by atoms with Gasteiger partial charge in [0.15, 0.2) is 0 Å². The van der Waals surface area contributed by atoms with Gasteiger partial charge in [0.05, 0.1) is 6.33 Å². The highest BCUT2D eigenvalue weighted by Gasteiger charge is 1.66. The Bertz CT molecular complexity index is 175. The molecule has 0 aliphatic rings. The minimum Gasteiger partial charge on any atom is -0.337 e. The minimum absolute atomic E-state index is 0.718. The van der Waals surface area contributed by atoms with Gasteiger partial charge in [-0.15, -0.1) is 0 Å². The first-order valence-electron chi connectivity index (χ1n) is 1.88. The van der Waals surface area contributed by atoms with Crippen molar-refractivity contribution in [2.75, 3.05) is 0 Å². The number of hydrogen-bond donors (Lipinski definition) is 1. The summed E-state index contributed by atoms with van der Waals surface area (Å²) < 4.78 is 0.718. The standard InChI is InChI=1S/C4H4N2S/c7-4-1-2-5-3-6-4/h1-3H,(H,5,6,7). The zero-order chi connectivity index (χ0) is 5.11. The summed E-state index contributed by atoms with van der Waals surface area (Å²) in [4.78, 5) is 6.46. The lowest BCUT2D eigenvalue weighted by molar-refractivity contribution is 1.15. The van der Waals surface area contributed by atoms with Crippen molar-refractivity contribution in [2.45, 2.75) is 0 Å². The summed E-state index contributed by atoms with van der Waals surface area (Å²) in [5.74, 6) is 0. The summed E-state index contributed by atoms with van der Waals surface area (Å²) in [6.07, 6.45) is 3.21. The van der Waals surface area contributed by atoms with Crippen molar-refractivity contribution in [2.24, 2.45) is 0 Å². The van der Waals surface area contributed by atoms with Gasteiger partial charge in [-0.25, -0.2) is 4.98 Å². The summed E-state index contributed by atoms with van der Waals surface area (Å²) in [5.41, 5.74) is 0. The van der Waals surface area contributed by atoms with Crippen LogP contribution in [0.4, 0.5) is 0 Å². The molecule has 1 N–H and O–H groups in total. The highest BCUT2D eigenvalue weighted by atomic mass is 32.1. The van der Waals surface area contributed by atoms with Crippen LogP contribution in [0.2, 0.25) is 0 Å². The molecule has 0 aromatic carbocycles. The topological polar surface area (TPSA) is 28.7 Å². The first kappa shape index (κ1) is 4.46. The van der Waals surface area contributed by atoms with Gasteiger partial charge in [0.2, 0.25) is 0 Å². The number of hydrogen-bond acceptors (Lipinski definition) is 2. The fourth-order valence-electron chi connectivity index (χ4n) is 0.303. The van der Waals surface area contributed by atoms with Crippen molar-refractivity contribution in [1.82, 2.24) is 9.97 Å². The first-order chi connectivity index (χ1) is 3.39. The summed E-state index contributed by atoms with van der Waals surface area (Å²) in [6, 6.07) is 1.73. The Hall–Kier alpha value is -0.700. The smallest absolute Gasteiger partial charge is 0.105 e. The molecule has 1 heterocycles. The maximum atomic E-state index is 4.72. The maximum absolute atomic E-state index is 4.72. The van der Waals surface area contributed by atoms with E-state index in [-0.39, 0.29) is 0 Å². The highest BCUT2D eigenvalue weighted by molar-refractivity contribution is 7.71. The van der Waals surface area contributed by atoms with E-state index in [4.69, 9.17) is 12.2 Å². The molecule has 1 aromatic rings. The molecule has 2 nitrogen and oxygen atoms in total. The molecule has 1 aromatic heterocycles. The van der Waals surface area contributed by atoms with E-state index in [1.54, 1.807) is 18.6 Å². The molecule has 3 heteroatoms. The number of H-pyrrole nitrogens is 1. The quantitative estimate of drug-likeness (QED) is 0.510. The zero-order valence-electron chi connectivity index (χ0n) is 3.59. The van der Waals surface area contributed by atoms with Crippen LogP contribution in [0.3, 0.4) is 0 Å². The first-order valence-corrected chi connectivity index (χ1v) is 2.29. The number of nitrogens with zero attached hydrogens (tertiary/aromatic N) is 1. The molecular formula is C4H4N2S. The van der Waals surface area contributed by atoms with E-state index in [0.717, 1.165) is 4.64 Å². The van der Waals surface area contributed by atoms with Gasteiger partial charge in [0.1, 0.15) is 4.64 Å². The lowest BCUT2D eigenvalue weighted by atomic mass is 10.7. The van der Waals surface area contributed by atoms with Crippen molar-refractivity contribution in [3.05, 3.63) is 23.2 Å². The molecule has 7 heavy (non-hydrogen) atoms. The second-order valence-electron chi connectivity index (χ2n) is 1.10. The van der Waals surface area contributed by atoms with Crippen molar-refractivity contribution in [3.8, 4) is 0 Å². The normalized spacial score (nSPS) is 8.57. The summed E-state index contributed by atoms with van der Waals surface area (Å²) in [6.45, 7) is 0. The van der Waals surface area contributed by atoms with E-state index in [1.807, 2.05) is 0 Å². The van der Waals surface area contributed by atoms with Crippen molar-refractivity contribution in [3.63, 3.8) is 0 Å². The molecular weight excluding hydrogens is 108 g/mol. The molecule has 0 radical (unpaired) electrons. The molecule has 1 rings (SSSR count). The van der Waals surface area contributed by atoms with Crippen molar-refractivity contribution in [1.29, 1.82) is 0 Å². The molecule has 36 valence electrons. The van der Waals surface area contributed by atoms with E-state index in [1.165, 1.54) is 0 Å². The Kier molecular flexibility index (Phi) is 1.17. The monoisotopic (exact) mass is 112 g/mol. The molecule has 0 fully saturated rings. The van der Waals surface area contributed by atoms with Crippen LogP contribution < -0.4 is 0 Å². The predicted octanol–water partition coefficient (Wildman–Crippen LogP) is 1.14. The number of aromatic amines is 1. The molecule has 0 saturated heterocycles. The van der Waals surface area contributed by atoms with Gasteiger partial charge in [0.25, 0.3) is 0 Å². The fraction of sp³-hybridized carbons (Fsp3) is 0. The predicted molar refractivity (Wildman–Crippen MR) is 29.4 cm³/mol. The van der Waals surface area contributed by atoms with Crippen LogP contribution in [0.25, 0.3) is 0 Å². The van der Waals surface area contributed by atoms with Gasteiger partial charge < -0.3 is 4.98 Å². The van der Waals surface area contributed by atoms with Crippen LogP contribution in [0.5, 0.6) is 0 Å². The summed E-state index contributed by atoms with van der Waals surface area (Å²) in [7, 11) is 0. The van der Waals surface area contributed by atoms with Gasteiger partial charge in [0, 0.05) is 6.20 Å². The van der Waals surface area contributed by atoms with Crippen molar-refractivity contribution >= 4 is 12.2 Å². The van der Waals surface area contributed by atoms with E-state index in [2.05, 4.69) is 9.97 Å². The Balaban J connectivity index is 3.28. The fourth-order valence-corrected chi connectivity index (χ4v) is 0.416. The van der Waals surface area contributed by atoms with Crippen LogP contribution in [-0.4, -0.2) is 9.97 Å². The third kappa shape index (κ3) is 1.08. The van der Waals surface area contributed by atoms with Crippen molar-refractivity contribution < 1.29 is 0 Å². The Morgan fingerprint density at radius 2 is 2.57 bits per heavy atom. The minimum atomic E-state index is 0.718. The summed E-state index contributed by atoms with van der Waals surface area (Å²) >= 11 is 4.72. The molecule has 0 bridgehead atoms. The third-order valence-corrected chi connectivity index (χ3v) is 0.847. The van der Waals surface area contributed by atoms with Crippen LogP contribution in [0.1, 0.15) is 0 Å². The SMILES string of the molecule is S=c1ccnc[nH]1. The zero-order valence-corrected chi connectivity index (χ0v) is 4.40. The van der Waals surface area contributed by atoms with Crippen LogP contribution in [-0.2, 0) is 0 Å². The van der Waals surface area contributed by atoms with Gasteiger partial charge in [-0.1, -0.05) is 12.2 Å². The average molecular weight is 112 g/mol. The Morgan fingerprint density at radius 1 is 1.71 bits per heavy atom. The Labute approximate surface area is 46.2 Å². The molecule has 0 atom stereocenters. The number of nitrogens with one attached hydrogen (secondary N) is 1. The second kappa shape index (κ2) is 1.84. The van der Waals surface area contributed by atoms with Gasteiger partial charge in [-0.05, 0) is 6.07 Å². The highest BCUT2D eigenvalue weighted by Crippen LogP contribution is 1.76. The average Bonchev–Trinajstić information content (AvgIpc) is 1.69. The molecule has 0 unspecified atom stereocenters. The van der Waals surface area contributed by atoms with Crippen LogP contribution in [0.15, 0.2) is 18.6 Å². The second-order valence-corrected chi connectivity index (χ2v) is 1.54. The lowest BCUT2D eigenvalue weighted by Gasteiger charge is -1.76. The van der Waals surface area contributed by atoms with Crippen LogP contribution >= 0.6 is 12.2 Å². The molecule has 0 aliphatic carbocycles. The number of rotatable bonds is 0. The lowest BCUT2D eigenvalue weighted by Crippen LogP contribution is -1.71. The van der Waals surface area contributed by atoms with E-state index >= 15 is 0 Å². The molecule has 0 saturated carbocycles. The van der Waals surface area contributed by atoms with Gasteiger partial charge >= 0.3 is 0 Å². The maximum Gasteiger partial charge on any atom is 0.105 e. The molecule has 0 spiro atoms.